The summed E-state index contributed by atoms with van der Waals surface area (Å²) in [4.78, 5) is 0. The van der Waals surface area contributed by atoms with Crippen molar-refractivity contribution in [1.29, 1.82) is 0 Å². The summed E-state index contributed by atoms with van der Waals surface area (Å²) in [6.07, 6.45) is 0. The number of nitrogen functional groups attached to an aromatic ring is 1. The Bertz CT molecular complexity index is 466. The van der Waals surface area contributed by atoms with Crippen LogP contribution in [-0.4, -0.2) is 45.7 Å². The van der Waals surface area contributed by atoms with Crippen LogP contribution in [0.3, 0.4) is 0 Å². The number of nitrogens with zero attached hydrogens (tertiary/aromatic N) is 1. The van der Waals surface area contributed by atoms with E-state index in [1.165, 1.54) is 5.56 Å². The second-order valence-electron chi connectivity index (χ2n) is 4.77. The highest BCUT2D eigenvalue weighted by Crippen LogP contribution is 2.10. The molecular weight excluding hydrogens is 256 g/mol. The van der Waals surface area contributed by atoms with Crippen molar-refractivity contribution >= 4 is 16.1 Å². The Morgan fingerprint density at radius 2 is 1.83 bits per heavy atom. The van der Waals surface area contributed by atoms with Crippen molar-refractivity contribution < 1.29 is 21.6 Å². The highest BCUT2D eigenvalue weighted by atomic mass is 32.3. The fourth-order valence-electron chi connectivity index (χ4n) is 1.24. The summed E-state index contributed by atoms with van der Waals surface area (Å²) in [7, 11) is 2.91. The minimum absolute atomic E-state index is 0.808. The first-order valence-corrected chi connectivity index (χ1v) is 6.53. The first kappa shape index (κ1) is 16.9. The molecule has 0 atom stereocenters. The van der Waals surface area contributed by atoms with Gasteiger partial charge in [-0.25, -0.2) is 8.42 Å². The zero-order valence-corrected chi connectivity index (χ0v) is 11.9. The summed E-state index contributed by atoms with van der Waals surface area (Å²) in [5.41, 5.74) is 7.81. The van der Waals surface area contributed by atoms with E-state index in [4.69, 9.17) is 5.73 Å². The van der Waals surface area contributed by atoms with E-state index in [9.17, 15) is 13.0 Å². The average molecular weight is 276 g/mol. The lowest BCUT2D eigenvalue weighted by molar-refractivity contribution is -0.884. The summed E-state index contributed by atoms with van der Waals surface area (Å²) >= 11 is 0. The first-order valence-electron chi connectivity index (χ1n) is 5.20. The molecule has 18 heavy (non-hydrogen) atoms. The van der Waals surface area contributed by atoms with Crippen molar-refractivity contribution in [1.82, 2.24) is 0 Å². The maximum atomic E-state index is 9.22. The molecule has 7 heteroatoms. The lowest BCUT2D eigenvalue weighted by Gasteiger charge is -2.23. The van der Waals surface area contributed by atoms with Gasteiger partial charge in [0.15, 0.2) is 0 Å². The molecule has 1 aromatic rings. The third kappa shape index (κ3) is 10.0. The molecule has 104 valence electrons. The van der Waals surface area contributed by atoms with Crippen LogP contribution in [0.1, 0.15) is 5.56 Å². The van der Waals surface area contributed by atoms with Gasteiger partial charge in [-0.15, -0.1) is 0 Å². The van der Waals surface area contributed by atoms with Crippen LogP contribution < -0.4 is 5.73 Å². The van der Waals surface area contributed by atoms with Gasteiger partial charge >= 0.3 is 0 Å². The molecule has 0 amide bonds. The average Bonchev–Trinajstić information content (AvgIpc) is 2.14. The summed E-state index contributed by atoms with van der Waals surface area (Å²) in [5, 5.41) is 0. The lowest BCUT2D eigenvalue weighted by Crippen LogP contribution is -2.33. The molecule has 6 nitrogen and oxygen atoms in total. The van der Waals surface area contributed by atoms with Crippen molar-refractivity contribution in [2.45, 2.75) is 6.54 Å². The molecule has 0 fully saturated rings. The maximum Gasteiger partial charge on any atom is 0.217 e. The molecule has 0 unspecified atom stereocenters. The zero-order chi connectivity index (χ0) is 14.4. The Hall–Kier alpha value is -1.15. The monoisotopic (exact) mass is 276 g/mol. The van der Waals surface area contributed by atoms with E-state index < -0.39 is 10.4 Å². The summed E-state index contributed by atoms with van der Waals surface area (Å²) in [6.45, 7) is 1.02. The lowest BCUT2D eigenvalue weighted by atomic mass is 10.2. The van der Waals surface area contributed by atoms with E-state index in [1.807, 2.05) is 18.2 Å². The van der Waals surface area contributed by atoms with Gasteiger partial charge in [0.05, 0.1) is 28.3 Å². The molecule has 0 aliphatic carbocycles. The SMILES string of the molecule is COS(=O)(=O)[O-].C[N+](C)(C)Cc1cccc(N)c1. The van der Waals surface area contributed by atoms with Crippen molar-refractivity contribution in [3.05, 3.63) is 29.8 Å². The normalized spacial score (nSPS) is 11.6. The van der Waals surface area contributed by atoms with Gasteiger partial charge < -0.3 is 14.8 Å². The number of anilines is 1. The molecule has 0 aliphatic rings. The summed E-state index contributed by atoms with van der Waals surface area (Å²) < 4.78 is 32.0. The smallest absolute Gasteiger partial charge is 0.217 e. The number of benzene rings is 1. The van der Waals surface area contributed by atoms with E-state index in [-0.39, 0.29) is 0 Å². The Balaban J connectivity index is 0.000000411. The Kier molecular flexibility index (Phi) is 6.27. The second-order valence-corrected chi connectivity index (χ2v) is 5.92. The first-order chi connectivity index (χ1) is 8.03. The Morgan fingerprint density at radius 1 is 1.33 bits per heavy atom. The molecular formula is C11H20N2O4S. The molecule has 2 N–H and O–H groups in total. The number of hydrogen-bond acceptors (Lipinski definition) is 5. The van der Waals surface area contributed by atoms with Crippen molar-refractivity contribution in [2.75, 3.05) is 34.0 Å². The predicted octanol–water partition coefficient (Wildman–Crippen LogP) is 0.568. The van der Waals surface area contributed by atoms with E-state index >= 15 is 0 Å². The zero-order valence-electron chi connectivity index (χ0n) is 11.1. The van der Waals surface area contributed by atoms with E-state index in [1.54, 1.807) is 0 Å². The molecule has 0 saturated carbocycles. The molecule has 1 aromatic carbocycles. The predicted molar refractivity (Wildman–Crippen MR) is 69.3 cm³/mol. The van der Waals surface area contributed by atoms with Crippen LogP contribution in [0.5, 0.6) is 0 Å². The summed E-state index contributed by atoms with van der Waals surface area (Å²) in [6, 6.07) is 8.06. The number of quaternary nitrogens is 1. The molecule has 0 bridgehead atoms. The van der Waals surface area contributed by atoms with Crippen LogP contribution in [0, 0.1) is 0 Å². The van der Waals surface area contributed by atoms with Gasteiger partial charge in [0.25, 0.3) is 0 Å². The molecule has 0 aromatic heterocycles. The fourth-order valence-corrected chi connectivity index (χ4v) is 1.24. The van der Waals surface area contributed by atoms with Gasteiger partial charge in [0, 0.05) is 11.3 Å². The van der Waals surface area contributed by atoms with Gasteiger partial charge in [0.1, 0.15) is 6.54 Å². The molecule has 0 spiro atoms. The van der Waals surface area contributed by atoms with Crippen LogP contribution in [0.15, 0.2) is 24.3 Å². The van der Waals surface area contributed by atoms with E-state index in [0.717, 1.165) is 23.8 Å². The fraction of sp³-hybridized carbons (Fsp3) is 0.455. The molecule has 1 rings (SSSR count). The third-order valence-electron chi connectivity index (χ3n) is 1.81. The largest absolute Gasteiger partial charge is 0.726 e. The van der Waals surface area contributed by atoms with E-state index in [2.05, 4.69) is 31.4 Å². The highest BCUT2D eigenvalue weighted by molar-refractivity contribution is 7.80. The van der Waals surface area contributed by atoms with E-state index in [0.29, 0.717) is 0 Å². The van der Waals surface area contributed by atoms with Gasteiger partial charge in [-0.1, -0.05) is 12.1 Å². The quantitative estimate of drug-likeness (QED) is 0.377. The second kappa shape index (κ2) is 6.69. The van der Waals surface area contributed by atoms with Gasteiger partial charge in [-0.3, -0.25) is 4.18 Å². The van der Waals surface area contributed by atoms with Gasteiger partial charge in [0.2, 0.25) is 10.4 Å². The summed E-state index contributed by atoms with van der Waals surface area (Å²) in [5.74, 6) is 0. The standard InChI is InChI=1S/C10H17N2.CH4O4S/c1-12(2,3)8-9-5-4-6-10(11)7-9;1-5-6(2,3)4/h4-7H,8,11H2,1-3H3;1H3,(H,2,3,4)/q+1;/p-1. The molecule has 0 radical (unpaired) electrons. The molecule has 0 heterocycles. The Labute approximate surface area is 109 Å². The molecule has 0 aliphatic heterocycles. The third-order valence-corrected chi connectivity index (χ3v) is 2.22. The van der Waals surface area contributed by atoms with Crippen LogP contribution >= 0.6 is 0 Å². The number of hydrogen-bond donors (Lipinski definition) is 1. The van der Waals surface area contributed by atoms with Crippen LogP contribution in [0.25, 0.3) is 0 Å². The van der Waals surface area contributed by atoms with Crippen molar-refractivity contribution in [3.8, 4) is 0 Å². The minimum atomic E-state index is -4.41. The van der Waals surface area contributed by atoms with Gasteiger partial charge in [-0.05, 0) is 12.1 Å². The van der Waals surface area contributed by atoms with Crippen LogP contribution in [0.4, 0.5) is 5.69 Å². The molecule has 0 saturated heterocycles. The van der Waals surface area contributed by atoms with Crippen LogP contribution in [-0.2, 0) is 21.1 Å². The highest BCUT2D eigenvalue weighted by Gasteiger charge is 2.07. The van der Waals surface area contributed by atoms with Crippen LogP contribution in [0.2, 0.25) is 0 Å². The Morgan fingerprint density at radius 3 is 2.17 bits per heavy atom. The topological polar surface area (TPSA) is 92.5 Å². The minimum Gasteiger partial charge on any atom is -0.726 e. The van der Waals surface area contributed by atoms with Crippen molar-refractivity contribution in [3.63, 3.8) is 0 Å². The van der Waals surface area contributed by atoms with Crippen molar-refractivity contribution in [2.24, 2.45) is 0 Å². The maximum absolute atomic E-state index is 9.22. The van der Waals surface area contributed by atoms with Gasteiger partial charge in [-0.2, -0.15) is 0 Å². The number of nitrogens with two attached hydrogens (primary N) is 1. The number of rotatable bonds is 3.